The summed E-state index contributed by atoms with van der Waals surface area (Å²) in [5.74, 6) is 0. The second-order valence-electron chi connectivity index (χ2n) is 13.3. The van der Waals surface area contributed by atoms with Crippen molar-refractivity contribution in [1.29, 1.82) is 0 Å². The van der Waals surface area contributed by atoms with Crippen molar-refractivity contribution in [3.63, 3.8) is 0 Å². The molecule has 0 aromatic rings. The molecule has 0 aromatic heterocycles. The molecular formula is C32H59NO2. The van der Waals surface area contributed by atoms with Gasteiger partial charge in [0.2, 0.25) is 0 Å². The van der Waals surface area contributed by atoms with Crippen LogP contribution in [0, 0.1) is 10.8 Å². The van der Waals surface area contributed by atoms with Crippen molar-refractivity contribution < 1.29 is 9.47 Å². The summed E-state index contributed by atoms with van der Waals surface area (Å²) >= 11 is 0. The van der Waals surface area contributed by atoms with Gasteiger partial charge in [-0.15, -0.1) is 0 Å². The van der Waals surface area contributed by atoms with Gasteiger partial charge in [-0.2, -0.15) is 0 Å². The fourth-order valence-corrected chi connectivity index (χ4v) is 8.14. The van der Waals surface area contributed by atoms with Gasteiger partial charge in [-0.3, -0.25) is 0 Å². The zero-order valence-electron chi connectivity index (χ0n) is 23.6. The zero-order valence-corrected chi connectivity index (χ0v) is 23.6. The topological polar surface area (TPSA) is 44.5 Å². The van der Waals surface area contributed by atoms with Gasteiger partial charge in [0.15, 0.2) is 0 Å². The summed E-state index contributed by atoms with van der Waals surface area (Å²) in [4.78, 5) is 0. The molecule has 0 bridgehead atoms. The van der Waals surface area contributed by atoms with Crippen LogP contribution in [-0.4, -0.2) is 30.5 Å². The molecular weight excluding hydrogens is 430 g/mol. The Kier molecular flexibility index (Phi) is 10.1. The molecule has 2 aliphatic carbocycles. The summed E-state index contributed by atoms with van der Waals surface area (Å²) in [7, 11) is 0. The van der Waals surface area contributed by atoms with Crippen molar-refractivity contribution in [3.05, 3.63) is 0 Å². The van der Waals surface area contributed by atoms with Gasteiger partial charge in [0.25, 0.3) is 0 Å². The highest BCUT2D eigenvalue weighted by atomic mass is 16.5. The van der Waals surface area contributed by atoms with E-state index in [9.17, 15) is 0 Å². The highest BCUT2D eigenvalue weighted by Crippen LogP contribution is 2.74. The van der Waals surface area contributed by atoms with Crippen LogP contribution in [0.1, 0.15) is 162 Å². The minimum Gasteiger partial charge on any atom is -0.377 e. The molecule has 2 saturated heterocycles. The van der Waals surface area contributed by atoms with E-state index in [1.807, 2.05) is 0 Å². The Morgan fingerprint density at radius 3 is 1.51 bits per heavy atom. The summed E-state index contributed by atoms with van der Waals surface area (Å²) in [6.07, 6.45) is 31.6. The van der Waals surface area contributed by atoms with Crippen LogP contribution in [0.15, 0.2) is 0 Å². The maximum atomic E-state index is 7.05. The van der Waals surface area contributed by atoms with Crippen molar-refractivity contribution >= 4 is 0 Å². The largest absolute Gasteiger partial charge is 0.377 e. The summed E-state index contributed by atoms with van der Waals surface area (Å²) in [6, 6.07) is 0. The third-order valence-electron chi connectivity index (χ3n) is 11.0. The number of hydrogen-bond acceptors (Lipinski definition) is 3. The van der Waals surface area contributed by atoms with E-state index < -0.39 is 0 Å². The van der Waals surface area contributed by atoms with Crippen LogP contribution in [0.5, 0.6) is 0 Å². The Hall–Kier alpha value is -0.120. The summed E-state index contributed by atoms with van der Waals surface area (Å²) in [5.41, 5.74) is 7.35. The Bertz CT molecular complexity index is 621. The number of unbranched alkanes of at least 4 members (excludes halogenated alkanes) is 15. The van der Waals surface area contributed by atoms with Crippen molar-refractivity contribution in [1.82, 2.24) is 0 Å². The van der Waals surface area contributed by atoms with Gasteiger partial charge < -0.3 is 15.2 Å². The predicted octanol–water partition coefficient (Wildman–Crippen LogP) is 8.86. The molecule has 0 aromatic carbocycles. The first-order valence-corrected chi connectivity index (χ1v) is 16.1. The molecule has 0 radical (unpaired) electrons. The fraction of sp³-hybridized carbons (Fsp3) is 1.00. The Labute approximate surface area is 218 Å². The molecule has 2 N–H and O–H groups in total. The monoisotopic (exact) mass is 489 g/mol. The van der Waals surface area contributed by atoms with Crippen LogP contribution in [0.4, 0.5) is 0 Å². The highest BCUT2D eigenvalue weighted by molar-refractivity contribution is 5.29. The molecule has 3 heteroatoms. The number of hydrogen-bond donors (Lipinski definition) is 1. The molecule has 4 rings (SSSR count). The minimum absolute atomic E-state index is 0.00146. The van der Waals surface area contributed by atoms with Crippen LogP contribution in [-0.2, 0) is 9.47 Å². The van der Waals surface area contributed by atoms with Gasteiger partial charge in [-0.05, 0) is 38.5 Å². The zero-order chi connectivity index (χ0) is 24.7. The van der Waals surface area contributed by atoms with E-state index in [4.69, 9.17) is 15.2 Å². The minimum atomic E-state index is -0.0624. The smallest absolute Gasteiger partial charge is 0.0856 e. The predicted molar refractivity (Wildman–Crippen MR) is 148 cm³/mol. The maximum absolute atomic E-state index is 7.05. The Balaban J connectivity index is 1.07. The number of rotatable bonds is 18. The van der Waals surface area contributed by atoms with E-state index in [1.165, 1.54) is 135 Å². The van der Waals surface area contributed by atoms with Crippen LogP contribution in [0.2, 0.25) is 0 Å². The molecule has 2 spiro atoms. The lowest BCUT2D eigenvalue weighted by molar-refractivity contribution is -0.278. The standard InChI is InChI=1S/C32H59NO2/c1-3-4-5-6-7-8-9-10-11-12-13-14-15-16-17-18-19-28-29(2,31(33)22-23-31)32(25-27-35-32)30(20-21-30)24-26-34-28/h28H,3-27,33H2,1-2H3. The van der Waals surface area contributed by atoms with E-state index in [0.717, 1.165) is 26.1 Å². The molecule has 204 valence electrons. The third kappa shape index (κ3) is 5.98. The molecule has 4 fully saturated rings. The van der Waals surface area contributed by atoms with Crippen molar-refractivity contribution in [2.75, 3.05) is 13.2 Å². The van der Waals surface area contributed by atoms with Gasteiger partial charge in [0.1, 0.15) is 0 Å². The van der Waals surface area contributed by atoms with Crippen molar-refractivity contribution in [2.45, 2.75) is 179 Å². The second-order valence-corrected chi connectivity index (χ2v) is 13.3. The lowest BCUT2D eigenvalue weighted by Gasteiger charge is -2.62. The summed E-state index contributed by atoms with van der Waals surface area (Å²) in [5, 5.41) is 0. The molecule has 4 aliphatic rings. The molecule has 2 heterocycles. The highest BCUT2D eigenvalue weighted by Gasteiger charge is 2.78. The molecule has 2 aliphatic heterocycles. The van der Waals surface area contributed by atoms with Crippen LogP contribution < -0.4 is 5.73 Å². The van der Waals surface area contributed by atoms with Gasteiger partial charge in [-0.25, -0.2) is 0 Å². The van der Waals surface area contributed by atoms with E-state index in [2.05, 4.69) is 13.8 Å². The normalized spacial score (nSPS) is 32.5. The first-order valence-electron chi connectivity index (χ1n) is 16.1. The summed E-state index contributed by atoms with van der Waals surface area (Å²) < 4.78 is 13.3. The first kappa shape index (κ1) is 27.9. The molecule has 3 unspecified atom stereocenters. The van der Waals surface area contributed by atoms with Crippen LogP contribution >= 0.6 is 0 Å². The molecule has 35 heavy (non-hydrogen) atoms. The average Bonchev–Trinajstić information content (AvgIpc) is 3.75. The molecule has 3 nitrogen and oxygen atoms in total. The quantitative estimate of drug-likeness (QED) is 0.195. The Morgan fingerprint density at radius 1 is 0.629 bits per heavy atom. The number of nitrogens with two attached hydrogens (primary N) is 1. The average molecular weight is 490 g/mol. The van der Waals surface area contributed by atoms with Gasteiger partial charge in [0, 0.05) is 29.4 Å². The summed E-state index contributed by atoms with van der Waals surface area (Å²) in [6.45, 7) is 6.62. The number of fused-ring (bicyclic) bond motifs is 1. The van der Waals surface area contributed by atoms with Gasteiger partial charge in [0.05, 0.1) is 18.3 Å². The lowest BCUT2D eigenvalue weighted by Crippen LogP contribution is -2.71. The second kappa shape index (κ2) is 12.6. The van der Waals surface area contributed by atoms with Crippen molar-refractivity contribution in [2.24, 2.45) is 16.6 Å². The van der Waals surface area contributed by atoms with E-state index in [1.54, 1.807) is 0 Å². The lowest BCUT2D eigenvalue weighted by atomic mass is 9.53. The molecule has 3 atom stereocenters. The SMILES string of the molecule is CCCCCCCCCCCCCCCCCCC1OCCC2(CC2)C2(CCO2)C1(C)C1(N)CC1. The van der Waals surface area contributed by atoms with Crippen LogP contribution in [0.25, 0.3) is 0 Å². The fourth-order valence-electron chi connectivity index (χ4n) is 8.14. The third-order valence-corrected chi connectivity index (χ3v) is 11.0. The van der Waals surface area contributed by atoms with E-state index in [0.29, 0.717) is 5.41 Å². The van der Waals surface area contributed by atoms with Crippen molar-refractivity contribution in [3.8, 4) is 0 Å². The Morgan fingerprint density at radius 2 is 1.11 bits per heavy atom. The molecule has 2 saturated carbocycles. The van der Waals surface area contributed by atoms with E-state index >= 15 is 0 Å². The van der Waals surface area contributed by atoms with E-state index in [-0.39, 0.29) is 22.7 Å². The maximum Gasteiger partial charge on any atom is 0.0856 e. The number of ether oxygens (including phenoxy) is 2. The first-order chi connectivity index (χ1) is 17.0. The van der Waals surface area contributed by atoms with Gasteiger partial charge in [-0.1, -0.05) is 117 Å². The van der Waals surface area contributed by atoms with Crippen LogP contribution in [0.3, 0.4) is 0 Å². The van der Waals surface area contributed by atoms with Gasteiger partial charge >= 0.3 is 0 Å². The molecule has 0 amide bonds.